The molecule has 3 rings (SSSR count). The Bertz CT molecular complexity index is 881. The molecule has 0 aliphatic rings. The zero-order valence-corrected chi connectivity index (χ0v) is 12.5. The third kappa shape index (κ3) is 2.52. The van der Waals surface area contributed by atoms with Gasteiger partial charge in [0.25, 0.3) is 5.69 Å². The van der Waals surface area contributed by atoms with Gasteiger partial charge in [-0.3, -0.25) is 15.1 Å². The molecule has 0 aliphatic heterocycles. The molecule has 116 valence electrons. The fourth-order valence-electron chi connectivity index (χ4n) is 2.38. The molecule has 0 aliphatic carbocycles. The number of aromatic nitrogens is 2. The first-order chi connectivity index (χ1) is 11.2. The maximum atomic E-state index is 11.3. The normalized spacial score (nSPS) is 10.5. The smallest absolute Gasteiger partial charge is 0.282 e. The minimum absolute atomic E-state index is 0.0854. The van der Waals surface area contributed by atoms with Crippen LogP contribution in [0.15, 0.2) is 42.6 Å². The molecular weight excluding hydrogens is 298 g/mol. The molecule has 1 aromatic carbocycles. The van der Waals surface area contributed by atoms with Crippen molar-refractivity contribution < 1.29 is 14.4 Å². The van der Waals surface area contributed by atoms with E-state index in [-0.39, 0.29) is 11.4 Å². The van der Waals surface area contributed by atoms with Gasteiger partial charge in [-0.25, -0.2) is 4.98 Å². The van der Waals surface area contributed by atoms with E-state index >= 15 is 0 Å². The maximum Gasteiger partial charge on any atom is 0.282 e. The zero-order valence-electron chi connectivity index (χ0n) is 12.5. The molecular formula is C16H13N3O4. The van der Waals surface area contributed by atoms with Gasteiger partial charge >= 0.3 is 0 Å². The third-order valence-electron chi connectivity index (χ3n) is 3.43. The van der Waals surface area contributed by atoms with E-state index in [1.165, 1.54) is 20.3 Å². The van der Waals surface area contributed by atoms with Crippen LogP contribution in [0.3, 0.4) is 0 Å². The Hall–Kier alpha value is -3.22. The lowest BCUT2D eigenvalue weighted by molar-refractivity contribution is -0.383. The SMILES string of the molecule is COc1cc([N+](=O)[O-])c2ccc(-c3ccccn3)nc2c1OC. The number of fused-ring (bicyclic) bond motifs is 1. The van der Waals surface area contributed by atoms with Crippen molar-refractivity contribution in [1.29, 1.82) is 0 Å². The summed E-state index contributed by atoms with van der Waals surface area (Å²) < 4.78 is 10.5. The molecule has 2 heterocycles. The number of hydrogen-bond acceptors (Lipinski definition) is 6. The average molecular weight is 311 g/mol. The second-order valence-corrected chi connectivity index (χ2v) is 4.70. The Morgan fingerprint density at radius 1 is 1.09 bits per heavy atom. The van der Waals surface area contributed by atoms with Crippen LogP contribution in [-0.2, 0) is 0 Å². The lowest BCUT2D eigenvalue weighted by Gasteiger charge is -2.11. The van der Waals surface area contributed by atoms with Crippen molar-refractivity contribution in [1.82, 2.24) is 9.97 Å². The minimum atomic E-state index is -0.466. The first kappa shape index (κ1) is 14.7. The summed E-state index contributed by atoms with van der Waals surface area (Å²) in [4.78, 5) is 19.6. The Balaban J connectivity index is 2.34. The van der Waals surface area contributed by atoms with Crippen molar-refractivity contribution in [2.24, 2.45) is 0 Å². The highest BCUT2D eigenvalue weighted by Crippen LogP contribution is 2.40. The first-order valence-corrected chi connectivity index (χ1v) is 6.77. The van der Waals surface area contributed by atoms with Crippen molar-refractivity contribution in [3.63, 3.8) is 0 Å². The predicted octanol–water partition coefficient (Wildman–Crippen LogP) is 3.22. The van der Waals surface area contributed by atoms with Gasteiger partial charge in [-0.2, -0.15) is 0 Å². The van der Waals surface area contributed by atoms with Gasteiger partial charge in [0.05, 0.1) is 42.0 Å². The summed E-state index contributed by atoms with van der Waals surface area (Å²) in [5.41, 5.74) is 1.54. The number of nitro groups is 1. The molecule has 7 heteroatoms. The number of ether oxygens (including phenoxy) is 2. The van der Waals surface area contributed by atoms with Gasteiger partial charge < -0.3 is 9.47 Å². The molecule has 0 radical (unpaired) electrons. The highest BCUT2D eigenvalue weighted by Gasteiger charge is 2.22. The highest BCUT2D eigenvalue weighted by atomic mass is 16.6. The lowest BCUT2D eigenvalue weighted by atomic mass is 10.1. The maximum absolute atomic E-state index is 11.3. The number of pyridine rings is 2. The molecule has 0 N–H and O–H groups in total. The topological polar surface area (TPSA) is 87.4 Å². The molecule has 0 spiro atoms. The van der Waals surface area contributed by atoms with E-state index in [9.17, 15) is 10.1 Å². The summed E-state index contributed by atoms with van der Waals surface area (Å²) in [5.74, 6) is 0.614. The van der Waals surface area contributed by atoms with Crippen molar-refractivity contribution in [3.8, 4) is 22.9 Å². The zero-order chi connectivity index (χ0) is 16.4. The van der Waals surface area contributed by atoms with Crippen LogP contribution in [0.2, 0.25) is 0 Å². The predicted molar refractivity (Wildman–Crippen MR) is 84.7 cm³/mol. The van der Waals surface area contributed by atoms with Crippen molar-refractivity contribution in [3.05, 3.63) is 52.7 Å². The van der Waals surface area contributed by atoms with Gasteiger partial charge in [0.15, 0.2) is 11.5 Å². The van der Waals surface area contributed by atoms with Crippen LogP contribution in [0.25, 0.3) is 22.3 Å². The van der Waals surface area contributed by atoms with Crippen molar-refractivity contribution in [2.45, 2.75) is 0 Å². The summed E-state index contributed by atoms with van der Waals surface area (Å²) in [5, 5.41) is 11.7. The highest BCUT2D eigenvalue weighted by molar-refractivity contribution is 5.96. The fourth-order valence-corrected chi connectivity index (χ4v) is 2.38. The van der Waals surface area contributed by atoms with Gasteiger partial charge in [-0.05, 0) is 24.3 Å². The number of nitro benzene ring substituents is 1. The Morgan fingerprint density at radius 3 is 2.52 bits per heavy atom. The quantitative estimate of drug-likeness (QED) is 0.543. The van der Waals surface area contributed by atoms with E-state index in [0.29, 0.717) is 28.0 Å². The van der Waals surface area contributed by atoms with E-state index in [1.54, 1.807) is 24.4 Å². The third-order valence-corrected chi connectivity index (χ3v) is 3.43. The van der Waals surface area contributed by atoms with Crippen molar-refractivity contribution in [2.75, 3.05) is 14.2 Å². The summed E-state index contributed by atoms with van der Waals surface area (Å²) in [7, 11) is 2.90. The molecule has 23 heavy (non-hydrogen) atoms. The van der Waals surface area contributed by atoms with Gasteiger partial charge in [-0.15, -0.1) is 0 Å². The first-order valence-electron chi connectivity index (χ1n) is 6.77. The Labute approximate surface area is 131 Å². The van der Waals surface area contributed by atoms with E-state index in [0.717, 1.165) is 0 Å². The summed E-state index contributed by atoms with van der Waals surface area (Å²) in [6, 6.07) is 10.1. The van der Waals surface area contributed by atoms with Gasteiger partial charge in [0.1, 0.15) is 5.52 Å². The Morgan fingerprint density at radius 2 is 1.91 bits per heavy atom. The average Bonchev–Trinajstić information content (AvgIpc) is 2.60. The standard InChI is InChI=1S/C16H13N3O4/c1-22-14-9-13(19(20)21)10-6-7-12(11-5-3-4-8-17-11)18-15(10)16(14)23-2/h3-9H,1-2H3. The largest absolute Gasteiger partial charge is 0.493 e. The molecule has 0 saturated carbocycles. The number of methoxy groups -OCH3 is 2. The van der Waals surface area contributed by atoms with E-state index in [2.05, 4.69) is 9.97 Å². The minimum Gasteiger partial charge on any atom is -0.493 e. The van der Waals surface area contributed by atoms with Crippen LogP contribution in [0.4, 0.5) is 5.69 Å². The number of hydrogen-bond donors (Lipinski definition) is 0. The van der Waals surface area contributed by atoms with E-state index in [4.69, 9.17) is 9.47 Å². The van der Waals surface area contributed by atoms with Crippen LogP contribution in [0.1, 0.15) is 0 Å². The van der Waals surface area contributed by atoms with Crippen molar-refractivity contribution >= 4 is 16.6 Å². The van der Waals surface area contributed by atoms with Crippen LogP contribution in [0.5, 0.6) is 11.5 Å². The summed E-state index contributed by atoms with van der Waals surface area (Å²) >= 11 is 0. The monoisotopic (exact) mass is 311 g/mol. The number of nitrogens with zero attached hydrogens (tertiary/aromatic N) is 3. The van der Waals surface area contributed by atoms with Crippen LogP contribution >= 0.6 is 0 Å². The number of non-ortho nitro benzene ring substituents is 1. The molecule has 0 saturated heterocycles. The van der Waals surface area contributed by atoms with E-state index in [1.807, 2.05) is 12.1 Å². The second-order valence-electron chi connectivity index (χ2n) is 4.70. The number of benzene rings is 1. The molecule has 0 amide bonds. The molecule has 0 unspecified atom stereocenters. The van der Waals surface area contributed by atoms with Crippen LogP contribution in [0, 0.1) is 10.1 Å². The van der Waals surface area contributed by atoms with Gasteiger partial charge in [0.2, 0.25) is 0 Å². The van der Waals surface area contributed by atoms with Crippen LogP contribution in [-0.4, -0.2) is 29.1 Å². The van der Waals surface area contributed by atoms with Crippen LogP contribution < -0.4 is 9.47 Å². The molecule has 7 nitrogen and oxygen atoms in total. The fraction of sp³-hybridized carbons (Fsp3) is 0.125. The molecule has 0 fully saturated rings. The van der Waals surface area contributed by atoms with E-state index < -0.39 is 4.92 Å². The van der Waals surface area contributed by atoms with Gasteiger partial charge in [0, 0.05) is 6.20 Å². The second kappa shape index (κ2) is 5.88. The summed E-state index contributed by atoms with van der Waals surface area (Å²) in [6.45, 7) is 0. The van der Waals surface area contributed by atoms with Gasteiger partial charge in [-0.1, -0.05) is 6.07 Å². The molecule has 0 bridgehead atoms. The molecule has 3 aromatic rings. The lowest BCUT2D eigenvalue weighted by Crippen LogP contribution is -1.98. The molecule has 0 atom stereocenters. The molecule has 2 aromatic heterocycles. The summed E-state index contributed by atoms with van der Waals surface area (Å²) in [6.07, 6.45) is 1.66. The Kier molecular flexibility index (Phi) is 3.76. The number of rotatable bonds is 4.